The van der Waals surface area contributed by atoms with Crippen LogP contribution in [0.2, 0.25) is 0 Å². The lowest BCUT2D eigenvalue weighted by atomic mass is 10.1. The van der Waals surface area contributed by atoms with Gasteiger partial charge < -0.3 is 24.7 Å². The number of nitrogens with one attached hydrogen (secondary N) is 2. The number of rotatable bonds is 12. The SMILES string of the molecule is CCOCCOc1cc(C)ccc1CNC(=NC)NCCCCn1c(C)cccc1=O. The molecule has 0 spiro atoms. The highest BCUT2D eigenvalue weighted by molar-refractivity contribution is 5.79. The molecule has 0 fully saturated rings. The fourth-order valence-electron chi connectivity index (χ4n) is 3.21. The molecule has 2 N–H and O–H groups in total. The lowest BCUT2D eigenvalue weighted by molar-refractivity contribution is 0.110. The van der Waals surface area contributed by atoms with Crippen molar-refractivity contribution in [2.45, 2.75) is 46.7 Å². The average Bonchev–Trinajstić information content (AvgIpc) is 2.76. The van der Waals surface area contributed by atoms with Crippen molar-refractivity contribution in [2.75, 3.05) is 33.4 Å². The van der Waals surface area contributed by atoms with Crippen LogP contribution >= 0.6 is 0 Å². The Morgan fingerprint density at radius 1 is 1.10 bits per heavy atom. The Labute approximate surface area is 185 Å². The lowest BCUT2D eigenvalue weighted by Gasteiger charge is -2.16. The van der Waals surface area contributed by atoms with E-state index < -0.39 is 0 Å². The van der Waals surface area contributed by atoms with Gasteiger partial charge >= 0.3 is 0 Å². The summed E-state index contributed by atoms with van der Waals surface area (Å²) in [7, 11) is 1.76. The molecular formula is C24H36N4O3. The smallest absolute Gasteiger partial charge is 0.250 e. The maximum Gasteiger partial charge on any atom is 0.250 e. The number of hydrogen-bond donors (Lipinski definition) is 2. The van der Waals surface area contributed by atoms with E-state index in [2.05, 4.69) is 34.7 Å². The third-order valence-corrected chi connectivity index (χ3v) is 4.95. The molecule has 31 heavy (non-hydrogen) atoms. The Morgan fingerprint density at radius 2 is 1.94 bits per heavy atom. The van der Waals surface area contributed by atoms with Crippen molar-refractivity contribution in [2.24, 2.45) is 4.99 Å². The fourth-order valence-corrected chi connectivity index (χ4v) is 3.21. The molecule has 0 saturated heterocycles. The van der Waals surface area contributed by atoms with Gasteiger partial charge in [0.1, 0.15) is 12.4 Å². The van der Waals surface area contributed by atoms with Crippen molar-refractivity contribution >= 4 is 5.96 Å². The highest BCUT2D eigenvalue weighted by atomic mass is 16.5. The number of unbranched alkanes of at least 4 members (excludes halogenated alkanes) is 1. The molecular weight excluding hydrogens is 392 g/mol. The normalized spacial score (nSPS) is 11.4. The third kappa shape index (κ3) is 8.45. The maximum absolute atomic E-state index is 11.9. The van der Waals surface area contributed by atoms with E-state index in [-0.39, 0.29) is 5.56 Å². The summed E-state index contributed by atoms with van der Waals surface area (Å²) in [6, 6.07) is 11.6. The molecule has 170 valence electrons. The second-order valence-electron chi connectivity index (χ2n) is 7.37. The topological polar surface area (TPSA) is 76.9 Å². The molecule has 0 saturated carbocycles. The van der Waals surface area contributed by atoms with Gasteiger partial charge in [-0.05, 0) is 51.3 Å². The third-order valence-electron chi connectivity index (χ3n) is 4.95. The average molecular weight is 429 g/mol. The lowest BCUT2D eigenvalue weighted by Crippen LogP contribution is -2.37. The number of benzene rings is 1. The molecule has 1 aromatic carbocycles. The van der Waals surface area contributed by atoms with Crippen molar-refractivity contribution < 1.29 is 9.47 Å². The van der Waals surface area contributed by atoms with E-state index in [0.29, 0.717) is 26.4 Å². The maximum atomic E-state index is 11.9. The minimum absolute atomic E-state index is 0.0582. The van der Waals surface area contributed by atoms with Crippen LogP contribution in [0.3, 0.4) is 0 Å². The van der Waals surface area contributed by atoms with Gasteiger partial charge in [-0.3, -0.25) is 9.79 Å². The summed E-state index contributed by atoms with van der Waals surface area (Å²) < 4.78 is 13.1. The molecule has 0 bridgehead atoms. The second kappa shape index (κ2) is 13.5. The molecule has 0 atom stereocenters. The van der Waals surface area contributed by atoms with E-state index >= 15 is 0 Å². The van der Waals surface area contributed by atoms with Crippen LogP contribution in [0.25, 0.3) is 0 Å². The Kier molecular flexibility index (Phi) is 10.6. The zero-order valence-electron chi connectivity index (χ0n) is 19.2. The summed E-state index contributed by atoms with van der Waals surface area (Å²) in [6.07, 6.45) is 1.86. The van der Waals surface area contributed by atoms with Crippen LogP contribution in [0.4, 0.5) is 0 Å². The largest absolute Gasteiger partial charge is 0.491 e. The first-order valence-corrected chi connectivity index (χ1v) is 11.0. The minimum Gasteiger partial charge on any atom is -0.491 e. The van der Waals surface area contributed by atoms with Crippen LogP contribution in [0.15, 0.2) is 46.2 Å². The van der Waals surface area contributed by atoms with E-state index in [9.17, 15) is 4.79 Å². The van der Waals surface area contributed by atoms with Crippen LogP contribution in [-0.2, 0) is 17.8 Å². The minimum atomic E-state index is 0.0582. The van der Waals surface area contributed by atoms with Gasteiger partial charge in [-0.2, -0.15) is 0 Å². The first-order chi connectivity index (χ1) is 15.0. The van der Waals surface area contributed by atoms with Crippen LogP contribution in [0.1, 0.15) is 36.6 Å². The van der Waals surface area contributed by atoms with Gasteiger partial charge in [0.05, 0.1) is 6.61 Å². The van der Waals surface area contributed by atoms with Crippen LogP contribution < -0.4 is 20.9 Å². The van der Waals surface area contributed by atoms with E-state index in [1.165, 1.54) is 0 Å². The molecule has 7 nitrogen and oxygen atoms in total. The van der Waals surface area contributed by atoms with Gasteiger partial charge in [0, 0.05) is 50.6 Å². The molecule has 0 unspecified atom stereocenters. The molecule has 0 amide bonds. The number of ether oxygens (including phenoxy) is 2. The van der Waals surface area contributed by atoms with Crippen LogP contribution in [-0.4, -0.2) is 43.9 Å². The zero-order valence-corrected chi connectivity index (χ0v) is 19.2. The molecule has 0 aliphatic heterocycles. The summed E-state index contributed by atoms with van der Waals surface area (Å²) in [6.45, 7) is 9.91. The van der Waals surface area contributed by atoms with Gasteiger partial charge in [0.2, 0.25) is 0 Å². The second-order valence-corrected chi connectivity index (χ2v) is 7.37. The number of hydrogen-bond acceptors (Lipinski definition) is 4. The Balaban J connectivity index is 1.77. The van der Waals surface area contributed by atoms with Crippen molar-refractivity contribution in [3.63, 3.8) is 0 Å². The van der Waals surface area contributed by atoms with Crippen molar-refractivity contribution in [1.29, 1.82) is 0 Å². The van der Waals surface area contributed by atoms with Crippen molar-refractivity contribution in [3.05, 3.63) is 63.6 Å². The molecule has 2 aromatic rings. The summed E-state index contributed by atoms with van der Waals surface area (Å²) in [5.74, 6) is 1.61. The van der Waals surface area contributed by atoms with E-state index in [4.69, 9.17) is 9.47 Å². The number of nitrogens with zero attached hydrogens (tertiary/aromatic N) is 2. The highest BCUT2D eigenvalue weighted by Crippen LogP contribution is 2.20. The molecule has 1 aromatic heterocycles. The molecule has 0 aliphatic rings. The number of guanidine groups is 1. The summed E-state index contributed by atoms with van der Waals surface area (Å²) in [5.41, 5.74) is 3.28. The van der Waals surface area contributed by atoms with Gasteiger partial charge in [0.15, 0.2) is 5.96 Å². The summed E-state index contributed by atoms with van der Waals surface area (Å²) in [5, 5.41) is 6.68. The first-order valence-electron chi connectivity index (χ1n) is 11.0. The molecule has 1 heterocycles. The zero-order chi connectivity index (χ0) is 22.5. The van der Waals surface area contributed by atoms with E-state index in [0.717, 1.165) is 54.5 Å². The van der Waals surface area contributed by atoms with Gasteiger partial charge in [-0.1, -0.05) is 18.2 Å². The Bertz CT molecular complexity index is 893. The highest BCUT2D eigenvalue weighted by Gasteiger charge is 2.06. The van der Waals surface area contributed by atoms with Crippen molar-refractivity contribution in [1.82, 2.24) is 15.2 Å². The standard InChI is InChI=1S/C24H36N4O3/c1-5-30-15-16-31-22-17-19(2)11-12-21(22)18-27-24(25-4)26-13-6-7-14-28-20(3)9-8-10-23(28)29/h8-12,17H,5-7,13-16,18H2,1-4H3,(H2,25,26,27). The van der Waals surface area contributed by atoms with Crippen molar-refractivity contribution in [3.8, 4) is 5.75 Å². The number of aryl methyl sites for hydroxylation is 2. The quantitative estimate of drug-likeness (QED) is 0.309. The molecule has 2 rings (SSSR count). The Hall–Kier alpha value is -2.80. The fraction of sp³-hybridized carbons (Fsp3) is 0.500. The Morgan fingerprint density at radius 3 is 2.68 bits per heavy atom. The number of pyridine rings is 1. The summed E-state index contributed by atoms with van der Waals surface area (Å²) in [4.78, 5) is 16.2. The van der Waals surface area contributed by atoms with Crippen LogP contribution in [0.5, 0.6) is 5.75 Å². The summed E-state index contributed by atoms with van der Waals surface area (Å²) >= 11 is 0. The first kappa shape index (κ1) is 24.5. The molecule has 0 aliphatic carbocycles. The predicted octanol–water partition coefficient (Wildman–Crippen LogP) is 3.03. The predicted molar refractivity (Wildman–Crippen MR) is 126 cm³/mol. The van der Waals surface area contributed by atoms with Crippen LogP contribution in [0, 0.1) is 13.8 Å². The number of aromatic nitrogens is 1. The molecule has 0 radical (unpaired) electrons. The van der Waals surface area contributed by atoms with Gasteiger partial charge in [-0.15, -0.1) is 0 Å². The van der Waals surface area contributed by atoms with Gasteiger partial charge in [-0.25, -0.2) is 0 Å². The van der Waals surface area contributed by atoms with E-state index in [1.807, 2.05) is 30.5 Å². The number of aliphatic imine (C=N–C) groups is 1. The van der Waals surface area contributed by atoms with E-state index in [1.54, 1.807) is 19.2 Å². The van der Waals surface area contributed by atoms with Gasteiger partial charge in [0.25, 0.3) is 5.56 Å². The monoisotopic (exact) mass is 428 g/mol. The molecule has 7 heteroatoms.